The number of anilines is 1. The van der Waals surface area contributed by atoms with Gasteiger partial charge in [0.25, 0.3) is 11.5 Å². The molecule has 10 nitrogen and oxygen atoms in total. The predicted octanol–water partition coefficient (Wildman–Crippen LogP) is 1.57. The van der Waals surface area contributed by atoms with Crippen LogP contribution in [0, 0.1) is 5.82 Å². The number of hydrogen-bond acceptors (Lipinski definition) is 8. The number of nitrogens with one attached hydrogen (secondary N) is 2. The van der Waals surface area contributed by atoms with Gasteiger partial charge < -0.3 is 29.9 Å². The lowest BCUT2D eigenvalue weighted by atomic mass is 10.0. The Morgan fingerprint density at radius 2 is 2.03 bits per heavy atom. The standard InChI is InChI=1S/C25H29FN6O4/c1-15(33)23-18(26)13-28-19-3-5-22(35)32(24(19)23)11-10-31-8-6-16(7-9-31)27-12-17-2-4-20-25(29-17)30-21(34)14-36-20/h2-5,13,15-16,27,33H,6-12,14H2,1H3,(H,29,30,34). The number of fused-ring (bicyclic) bond motifs is 2. The maximum atomic E-state index is 14.4. The lowest BCUT2D eigenvalue weighted by Gasteiger charge is -2.32. The van der Waals surface area contributed by atoms with Crippen LogP contribution in [0.15, 0.2) is 35.3 Å². The highest BCUT2D eigenvalue weighted by atomic mass is 19.1. The molecule has 0 saturated carbocycles. The number of rotatable bonds is 7. The average Bonchev–Trinajstić information content (AvgIpc) is 2.87. The quantitative estimate of drug-likeness (QED) is 0.451. The van der Waals surface area contributed by atoms with Gasteiger partial charge in [-0.3, -0.25) is 14.6 Å². The van der Waals surface area contributed by atoms with Gasteiger partial charge in [0.05, 0.1) is 29.0 Å². The highest BCUT2D eigenvalue weighted by Crippen LogP contribution is 2.26. The third kappa shape index (κ3) is 5.08. The van der Waals surface area contributed by atoms with Crippen molar-refractivity contribution >= 4 is 22.8 Å². The van der Waals surface area contributed by atoms with Gasteiger partial charge in [0.15, 0.2) is 18.2 Å². The van der Waals surface area contributed by atoms with Gasteiger partial charge in [-0.15, -0.1) is 0 Å². The van der Waals surface area contributed by atoms with Crippen LogP contribution >= 0.6 is 0 Å². The molecule has 3 aromatic rings. The van der Waals surface area contributed by atoms with Gasteiger partial charge in [0.1, 0.15) is 5.82 Å². The fraction of sp³-hybridized carbons (Fsp3) is 0.440. The number of pyridine rings is 3. The number of aliphatic hydroxyl groups excluding tert-OH is 1. The van der Waals surface area contributed by atoms with Gasteiger partial charge in [-0.1, -0.05) is 0 Å². The second-order valence-corrected chi connectivity index (χ2v) is 9.24. The zero-order valence-corrected chi connectivity index (χ0v) is 20.0. The van der Waals surface area contributed by atoms with Crippen molar-refractivity contribution in [3.63, 3.8) is 0 Å². The first-order valence-corrected chi connectivity index (χ1v) is 12.1. The fourth-order valence-electron chi connectivity index (χ4n) is 4.84. The van der Waals surface area contributed by atoms with Gasteiger partial charge in [-0.2, -0.15) is 0 Å². The maximum Gasteiger partial charge on any atom is 0.263 e. The molecule has 190 valence electrons. The third-order valence-electron chi connectivity index (χ3n) is 6.74. The van der Waals surface area contributed by atoms with Crippen molar-refractivity contribution in [2.45, 2.75) is 45.0 Å². The molecule has 0 bridgehead atoms. The van der Waals surface area contributed by atoms with Crippen molar-refractivity contribution in [1.82, 2.24) is 24.8 Å². The van der Waals surface area contributed by atoms with Crippen LogP contribution in [0.4, 0.5) is 10.2 Å². The molecule has 3 aromatic heterocycles. The Morgan fingerprint density at radius 1 is 1.22 bits per heavy atom. The van der Waals surface area contributed by atoms with E-state index in [2.05, 4.69) is 25.5 Å². The molecule has 0 aromatic carbocycles. The Morgan fingerprint density at radius 3 is 2.81 bits per heavy atom. The normalized spacial score (nSPS) is 17.5. The van der Waals surface area contributed by atoms with Crippen LogP contribution in [-0.4, -0.2) is 62.7 Å². The molecule has 0 aliphatic carbocycles. The SMILES string of the molecule is CC(O)c1c(F)cnc2ccc(=O)n(CCN3CCC(NCc4ccc5c(n4)NC(=O)CO5)CC3)c12. The molecule has 1 unspecified atom stereocenters. The second-order valence-electron chi connectivity index (χ2n) is 9.24. The zero-order valence-electron chi connectivity index (χ0n) is 20.0. The lowest BCUT2D eigenvalue weighted by molar-refractivity contribution is -0.118. The Kier molecular flexibility index (Phi) is 6.95. The summed E-state index contributed by atoms with van der Waals surface area (Å²) in [6, 6.07) is 7.03. The Hall–Kier alpha value is -3.41. The Labute approximate surface area is 207 Å². The van der Waals surface area contributed by atoms with E-state index in [9.17, 15) is 19.1 Å². The number of carbonyl (C=O) groups excluding carboxylic acids is 1. The van der Waals surface area contributed by atoms with Gasteiger partial charge in [-0.05, 0) is 51.1 Å². The number of halogens is 1. The van der Waals surface area contributed by atoms with E-state index < -0.39 is 11.9 Å². The van der Waals surface area contributed by atoms with Crippen molar-refractivity contribution in [3.8, 4) is 5.75 Å². The number of hydrogen-bond donors (Lipinski definition) is 3. The fourth-order valence-corrected chi connectivity index (χ4v) is 4.84. The number of aliphatic hydroxyl groups is 1. The van der Waals surface area contributed by atoms with E-state index in [-0.39, 0.29) is 23.6 Å². The predicted molar refractivity (Wildman–Crippen MR) is 131 cm³/mol. The molecule has 2 aliphatic heterocycles. The largest absolute Gasteiger partial charge is 0.480 e. The summed E-state index contributed by atoms with van der Waals surface area (Å²) in [4.78, 5) is 35.0. The lowest BCUT2D eigenvalue weighted by Crippen LogP contribution is -2.43. The van der Waals surface area contributed by atoms with Crippen LogP contribution in [-0.2, 0) is 17.9 Å². The van der Waals surface area contributed by atoms with Gasteiger partial charge in [0, 0.05) is 37.3 Å². The summed E-state index contributed by atoms with van der Waals surface area (Å²) in [6.07, 6.45) is 1.90. The molecule has 3 N–H and O–H groups in total. The van der Waals surface area contributed by atoms with Crippen molar-refractivity contribution in [1.29, 1.82) is 0 Å². The van der Waals surface area contributed by atoms with Gasteiger partial charge in [0.2, 0.25) is 0 Å². The number of aromatic nitrogens is 3. The maximum absolute atomic E-state index is 14.4. The van der Waals surface area contributed by atoms with Crippen molar-refractivity contribution in [2.75, 3.05) is 31.6 Å². The molecule has 0 spiro atoms. The van der Waals surface area contributed by atoms with E-state index in [1.54, 1.807) is 6.07 Å². The monoisotopic (exact) mass is 496 g/mol. The number of piperidine rings is 1. The molecule has 5 rings (SSSR count). The topological polar surface area (TPSA) is 122 Å². The van der Waals surface area contributed by atoms with Crippen LogP contribution in [0.2, 0.25) is 0 Å². The van der Waals surface area contributed by atoms with E-state index >= 15 is 0 Å². The van der Waals surface area contributed by atoms with Crippen LogP contribution in [0.1, 0.15) is 37.1 Å². The zero-order chi connectivity index (χ0) is 25.2. The summed E-state index contributed by atoms with van der Waals surface area (Å²) in [5, 5.41) is 16.4. The molecule has 11 heteroatoms. The third-order valence-corrected chi connectivity index (χ3v) is 6.74. The molecule has 2 aliphatic rings. The average molecular weight is 497 g/mol. The number of amides is 1. The number of likely N-dealkylation sites (tertiary alicyclic amines) is 1. The molecular formula is C25H29FN6O4. The highest BCUT2D eigenvalue weighted by Gasteiger charge is 2.22. The van der Waals surface area contributed by atoms with Crippen LogP contribution in [0.3, 0.4) is 0 Å². The number of nitrogens with zero attached hydrogens (tertiary/aromatic N) is 4. The molecule has 5 heterocycles. The Balaban J connectivity index is 1.17. The van der Waals surface area contributed by atoms with Crippen LogP contribution in [0.25, 0.3) is 11.0 Å². The smallest absolute Gasteiger partial charge is 0.263 e. The first-order chi connectivity index (χ1) is 17.4. The second kappa shape index (κ2) is 10.3. The summed E-state index contributed by atoms with van der Waals surface area (Å²) in [5.41, 5.74) is 1.52. The summed E-state index contributed by atoms with van der Waals surface area (Å²) in [5.74, 6) is 0.211. The van der Waals surface area contributed by atoms with Crippen LogP contribution in [0.5, 0.6) is 5.75 Å². The summed E-state index contributed by atoms with van der Waals surface area (Å²) in [6.45, 7) is 4.80. The summed E-state index contributed by atoms with van der Waals surface area (Å²) < 4.78 is 21.3. The van der Waals surface area contributed by atoms with E-state index in [0.29, 0.717) is 48.3 Å². The molecule has 1 atom stereocenters. The molecular weight excluding hydrogens is 467 g/mol. The van der Waals surface area contributed by atoms with E-state index in [1.807, 2.05) is 12.1 Å². The highest BCUT2D eigenvalue weighted by molar-refractivity contribution is 5.94. The summed E-state index contributed by atoms with van der Waals surface area (Å²) >= 11 is 0. The molecule has 1 saturated heterocycles. The molecule has 1 fully saturated rings. The van der Waals surface area contributed by atoms with E-state index in [0.717, 1.165) is 37.8 Å². The van der Waals surface area contributed by atoms with E-state index in [1.165, 1.54) is 17.6 Å². The minimum absolute atomic E-state index is 0.00940. The van der Waals surface area contributed by atoms with Crippen molar-refractivity contribution in [3.05, 3.63) is 57.9 Å². The minimum atomic E-state index is -1.06. The Bertz CT molecular complexity index is 1340. The first-order valence-electron chi connectivity index (χ1n) is 12.1. The number of carbonyl (C=O) groups is 1. The van der Waals surface area contributed by atoms with Crippen molar-refractivity contribution in [2.24, 2.45) is 0 Å². The van der Waals surface area contributed by atoms with Crippen LogP contribution < -0.4 is 20.9 Å². The van der Waals surface area contributed by atoms with Gasteiger partial charge in [-0.25, -0.2) is 9.37 Å². The van der Waals surface area contributed by atoms with Crippen molar-refractivity contribution < 1.29 is 19.0 Å². The van der Waals surface area contributed by atoms with Gasteiger partial charge >= 0.3 is 0 Å². The number of ether oxygens (including phenoxy) is 1. The summed E-state index contributed by atoms with van der Waals surface area (Å²) in [7, 11) is 0. The molecule has 0 radical (unpaired) electrons. The minimum Gasteiger partial charge on any atom is -0.480 e. The van der Waals surface area contributed by atoms with E-state index in [4.69, 9.17) is 4.74 Å². The first kappa shape index (κ1) is 24.3. The molecule has 36 heavy (non-hydrogen) atoms. The molecule has 1 amide bonds.